The molecule has 134 heavy (non-hydrogen) atoms. The number of aromatic nitrogens is 12. The van der Waals surface area contributed by atoms with Crippen molar-refractivity contribution in [1.29, 1.82) is 0 Å². The molecule has 4 aliphatic heterocycles. The van der Waals surface area contributed by atoms with Crippen LogP contribution in [0.4, 0.5) is 94.3 Å². The molecule has 4 aliphatic rings. The molecular weight excluding hydrogens is 1780 g/mol. The number of nitrogens with zero attached hydrogens (tertiary/aromatic N) is 16. The molecule has 4 N–H and O–H groups in total. The van der Waals surface area contributed by atoms with Gasteiger partial charge in [-0.25, -0.2) is 59.8 Å². The molecule has 12 aromatic rings. The van der Waals surface area contributed by atoms with Crippen LogP contribution in [0, 0.1) is 48.4 Å². The first kappa shape index (κ1) is 96.3. The van der Waals surface area contributed by atoms with Gasteiger partial charge in [0, 0.05) is 217 Å². The van der Waals surface area contributed by atoms with Crippen LogP contribution in [0.2, 0.25) is 0 Å². The van der Waals surface area contributed by atoms with E-state index in [4.69, 9.17) is 24.4 Å². The topological polar surface area (TPSA) is 321 Å². The Balaban J connectivity index is 0.000000152. The molecule has 0 unspecified atom stereocenters. The van der Waals surface area contributed by atoms with Crippen molar-refractivity contribution in [3.05, 3.63) is 243 Å². The Morgan fingerprint density at radius 1 is 0.343 bits per heavy atom. The number of pyridine rings is 4. The van der Waals surface area contributed by atoms with Crippen molar-refractivity contribution >= 4 is 81.3 Å². The van der Waals surface area contributed by atoms with E-state index < -0.39 is 48.3 Å². The standard InChI is InChI=1S/2C24H20F3N5O2.C23H22ClF2N5O2.C23H22F3N5O2/c2*1-2-16-4-3-9-32(14-16)22-21(18-11-28-15-29-12-18)10-17(13-30-22)23(33)31-19-5-7-20(8-6-19)34-24(25,26)27;1-15-3-2-8-31(13-15)21-20(17-10-27-14-28-11-17)9-16(12-29-21)22(32)30-18-4-6-19(7-5-18)33-23(24,25)26;1-15-6-8-31(9-7-15)21-20(17-11-27-14-28-12-17)10-16(13-29-21)22(32)30-18-2-4-19(5-3-18)33-23(24,25)26/h2*1,5-8,10-13,15-16H,3-4,9,14H2,(H,31,33);4-7,9-12,14-15H,2-3,8,13H2,1H3,(H,30,32);2-5,10-15H,6-9H2,1H3,(H,30,32)/t2*16-;15-;/m101./s1. The van der Waals surface area contributed by atoms with Crippen LogP contribution in [0.25, 0.3) is 44.5 Å². The highest BCUT2D eigenvalue weighted by molar-refractivity contribution is 6.20. The molecule has 0 spiro atoms. The average molecular weight is 1870 g/mol. The number of ether oxygens (including phenoxy) is 4. The maximum Gasteiger partial charge on any atom is 0.573 e. The highest BCUT2D eigenvalue weighted by atomic mass is 35.5. The van der Waals surface area contributed by atoms with E-state index in [1.54, 1.807) is 73.8 Å². The molecule has 4 amide bonds. The number of rotatable bonds is 21. The number of piperidine rings is 4. The summed E-state index contributed by atoms with van der Waals surface area (Å²) in [6.45, 7) is 10.8. The third kappa shape index (κ3) is 27.9. The Morgan fingerprint density at radius 2 is 0.597 bits per heavy atom. The third-order valence-corrected chi connectivity index (χ3v) is 21.4. The Morgan fingerprint density at radius 3 is 0.851 bits per heavy atom. The van der Waals surface area contributed by atoms with Gasteiger partial charge in [0.1, 0.15) is 71.6 Å². The second-order valence-electron chi connectivity index (χ2n) is 31.3. The largest absolute Gasteiger partial charge is 0.573 e. The molecule has 4 aromatic carbocycles. The monoisotopic (exact) mass is 1860 g/mol. The predicted octanol–water partition coefficient (Wildman–Crippen LogP) is 19.2. The lowest BCUT2D eigenvalue weighted by Crippen LogP contribution is -2.35. The quantitative estimate of drug-likeness (QED) is 0.0295. The Labute approximate surface area is 766 Å². The van der Waals surface area contributed by atoms with Gasteiger partial charge in [0.05, 0.1) is 22.3 Å². The maximum absolute atomic E-state index is 12.9. The fourth-order valence-corrected chi connectivity index (χ4v) is 15.0. The minimum atomic E-state index is -4.79. The van der Waals surface area contributed by atoms with Gasteiger partial charge in [-0.15, -0.1) is 73.0 Å². The van der Waals surface area contributed by atoms with Gasteiger partial charge in [-0.05, 0) is 185 Å². The zero-order valence-electron chi connectivity index (χ0n) is 71.5. The second-order valence-corrected chi connectivity index (χ2v) is 31.7. The molecule has 28 nitrogen and oxygen atoms in total. The van der Waals surface area contributed by atoms with E-state index >= 15 is 0 Å². The van der Waals surface area contributed by atoms with Crippen LogP contribution in [0.3, 0.4) is 0 Å². The van der Waals surface area contributed by atoms with Crippen LogP contribution in [0.1, 0.15) is 107 Å². The van der Waals surface area contributed by atoms with Gasteiger partial charge >= 0.3 is 24.7 Å². The van der Waals surface area contributed by atoms with Crippen LogP contribution in [0.5, 0.6) is 23.0 Å². The molecule has 40 heteroatoms. The molecule has 8 aromatic heterocycles. The Kier molecular flexibility index (Phi) is 31.7. The van der Waals surface area contributed by atoms with Crippen molar-refractivity contribution in [1.82, 2.24) is 59.8 Å². The molecule has 692 valence electrons. The number of anilines is 8. The highest BCUT2D eigenvalue weighted by Gasteiger charge is 2.35. The van der Waals surface area contributed by atoms with E-state index in [1.165, 1.54) is 117 Å². The third-order valence-electron chi connectivity index (χ3n) is 21.3. The number of carbonyl (C=O) groups excluding carboxylic acids is 4. The summed E-state index contributed by atoms with van der Waals surface area (Å²) in [5.74, 6) is 6.94. The minimum Gasteiger partial charge on any atom is -0.420 e. The van der Waals surface area contributed by atoms with E-state index in [9.17, 15) is 67.5 Å². The number of benzene rings is 4. The minimum absolute atomic E-state index is 0.114. The van der Waals surface area contributed by atoms with Gasteiger partial charge in [0.2, 0.25) is 0 Å². The van der Waals surface area contributed by atoms with Crippen molar-refractivity contribution in [2.75, 3.05) is 93.2 Å². The van der Waals surface area contributed by atoms with Gasteiger partial charge in [0.15, 0.2) is 0 Å². The van der Waals surface area contributed by atoms with Crippen molar-refractivity contribution < 1.29 is 86.4 Å². The number of nitrogens with one attached hydrogen (secondary N) is 4. The van der Waals surface area contributed by atoms with Crippen molar-refractivity contribution in [3.63, 3.8) is 0 Å². The lowest BCUT2D eigenvalue weighted by molar-refractivity contribution is -0.275. The Hall–Kier alpha value is -15.3. The molecule has 3 atom stereocenters. The normalized spacial score (nSPS) is 15.7. The number of amides is 4. The van der Waals surface area contributed by atoms with Crippen LogP contribution in [-0.4, -0.2) is 160 Å². The zero-order chi connectivity index (χ0) is 95.1. The number of halogens is 12. The number of hydrogen-bond acceptors (Lipinski definition) is 24. The first-order valence-corrected chi connectivity index (χ1v) is 42.2. The van der Waals surface area contributed by atoms with Crippen LogP contribution in [0.15, 0.2) is 221 Å². The van der Waals surface area contributed by atoms with Gasteiger partial charge in [0.25, 0.3) is 23.6 Å². The van der Waals surface area contributed by atoms with E-state index in [1.807, 2.05) is 0 Å². The van der Waals surface area contributed by atoms with E-state index in [0.717, 1.165) is 155 Å². The molecule has 12 heterocycles. The lowest BCUT2D eigenvalue weighted by Gasteiger charge is -2.33. The molecule has 4 saturated heterocycles. The van der Waals surface area contributed by atoms with Gasteiger partial charge < -0.3 is 59.8 Å². The van der Waals surface area contributed by atoms with Gasteiger partial charge in [-0.3, -0.25) is 19.2 Å². The number of terminal acetylenes is 2. The molecule has 0 saturated carbocycles. The van der Waals surface area contributed by atoms with Gasteiger partial charge in [-0.1, -0.05) is 13.8 Å². The Bertz CT molecular complexity index is 5880. The second kappa shape index (κ2) is 44.1. The molecular formula is C94H84ClF11N20O8. The summed E-state index contributed by atoms with van der Waals surface area (Å²) in [5.41, 5.74) is 4.48. The number of carbonyl (C=O) groups is 4. The van der Waals surface area contributed by atoms with E-state index in [2.05, 4.69) is 145 Å². The van der Waals surface area contributed by atoms with Crippen LogP contribution >= 0.6 is 11.6 Å². The predicted molar refractivity (Wildman–Crippen MR) is 479 cm³/mol. The molecule has 0 aliphatic carbocycles. The summed E-state index contributed by atoms with van der Waals surface area (Å²) in [7, 11) is 0. The molecule has 0 bridgehead atoms. The molecule has 4 fully saturated rings. The summed E-state index contributed by atoms with van der Waals surface area (Å²) in [6.07, 6.45) is 29.9. The number of alkyl halides is 12. The maximum atomic E-state index is 12.9. The highest BCUT2D eigenvalue weighted by Crippen LogP contribution is 2.40. The first-order chi connectivity index (χ1) is 64.2. The van der Waals surface area contributed by atoms with E-state index in [0.29, 0.717) is 92.7 Å². The summed E-state index contributed by atoms with van der Waals surface area (Å²) in [4.78, 5) is 111. The number of hydrogen-bond donors (Lipinski definition) is 4. The first-order valence-electron chi connectivity index (χ1n) is 41.8. The zero-order valence-corrected chi connectivity index (χ0v) is 72.3. The molecule has 16 rings (SSSR count). The lowest BCUT2D eigenvalue weighted by atomic mass is 9.98. The fourth-order valence-electron chi connectivity index (χ4n) is 14.9. The summed E-state index contributed by atoms with van der Waals surface area (Å²) >= 11 is 4.77. The summed E-state index contributed by atoms with van der Waals surface area (Å²) in [5, 5.41) is 10.7. The van der Waals surface area contributed by atoms with Crippen LogP contribution < -0.4 is 59.8 Å². The molecule has 0 radical (unpaired) electrons. The summed E-state index contributed by atoms with van der Waals surface area (Å²) < 4.78 is 152. The summed E-state index contributed by atoms with van der Waals surface area (Å²) in [6, 6.07) is 27.0. The smallest absolute Gasteiger partial charge is 0.420 e. The van der Waals surface area contributed by atoms with Crippen molar-refractivity contribution in [2.24, 2.45) is 23.7 Å². The fraction of sp³-hybridized carbons (Fsp3) is 0.277. The van der Waals surface area contributed by atoms with Crippen molar-refractivity contribution in [2.45, 2.75) is 89.9 Å². The van der Waals surface area contributed by atoms with Crippen molar-refractivity contribution in [3.8, 4) is 92.2 Å². The van der Waals surface area contributed by atoms with Gasteiger partial charge in [-0.2, -0.15) is 0 Å². The van der Waals surface area contributed by atoms with Crippen LogP contribution in [-0.2, 0) is 0 Å². The SMILES string of the molecule is C#C[C@@H]1CCCN(c2ncc(C(=O)Nc3ccc(OC(F)(F)F)cc3)cc2-c2cncnc2)C1.C#C[C@H]1CCCN(c2ncc(C(=O)Nc3ccc(OC(F)(F)F)cc3)cc2-c2cncnc2)C1.CC1CCN(c2ncc(C(=O)Nc3ccc(OC(F)(F)F)cc3)cc2-c2cncnc2)CC1.C[C@@H]1CCCN(c2ncc(C(=O)Nc3ccc(OC(F)(F)Cl)cc3)cc2-c2cncnc2)C1. The van der Waals surface area contributed by atoms with E-state index in [-0.39, 0.29) is 46.0 Å². The average Bonchev–Trinajstić information content (AvgIpc) is 0.805.